The van der Waals surface area contributed by atoms with Crippen LogP contribution in [0.2, 0.25) is 0 Å². The lowest BCUT2D eigenvalue weighted by Gasteiger charge is -2.32. The van der Waals surface area contributed by atoms with E-state index >= 15 is 0 Å². The second kappa shape index (κ2) is 7.58. The van der Waals surface area contributed by atoms with Crippen molar-refractivity contribution in [2.45, 2.75) is 38.6 Å². The highest BCUT2D eigenvalue weighted by molar-refractivity contribution is 5.88. The summed E-state index contributed by atoms with van der Waals surface area (Å²) in [5, 5.41) is 9.27. The molecule has 0 amide bonds. The van der Waals surface area contributed by atoms with Crippen LogP contribution in [0.25, 0.3) is 0 Å². The Kier molecular flexibility index (Phi) is 5.26. The molecule has 2 heterocycles. The summed E-state index contributed by atoms with van der Waals surface area (Å²) in [7, 11) is 0. The number of carbonyl (C=O) groups is 1. The molecule has 1 N–H and O–H groups in total. The number of rotatable bonds is 5. The largest absolute Gasteiger partial charge is 0.478 e. The highest BCUT2D eigenvalue weighted by Gasteiger charge is 2.22. The van der Waals surface area contributed by atoms with Crippen LogP contribution in [0.5, 0.6) is 0 Å². The smallest absolute Gasteiger partial charge is 0.337 e. The first-order valence-electron chi connectivity index (χ1n) is 8.65. The Morgan fingerprint density at radius 2 is 1.92 bits per heavy atom. The number of benzene rings is 1. The molecule has 1 aliphatic heterocycles. The highest BCUT2D eigenvalue weighted by Crippen LogP contribution is 2.29. The lowest BCUT2D eigenvalue weighted by Crippen LogP contribution is -2.33. The molecule has 0 radical (unpaired) electrons. The fourth-order valence-corrected chi connectivity index (χ4v) is 3.42. The molecule has 0 atom stereocenters. The van der Waals surface area contributed by atoms with Crippen LogP contribution >= 0.6 is 0 Å². The van der Waals surface area contributed by atoms with E-state index in [1.807, 2.05) is 0 Å². The summed E-state index contributed by atoms with van der Waals surface area (Å²) in [6, 6.07) is 12.3. The minimum atomic E-state index is -0.899. The Labute approximate surface area is 143 Å². The first kappa shape index (κ1) is 16.7. The fourth-order valence-electron chi connectivity index (χ4n) is 3.42. The van der Waals surface area contributed by atoms with Gasteiger partial charge in [-0.3, -0.25) is 9.88 Å². The third-order valence-corrected chi connectivity index (χ3v) is 4.94. The molecule has 1 aliphatic rings. The summed E-state index contributed by atoms with van der Waals surface area (Å²) in [4.78, 5) is 17.9. The maximum Gasteiger partial charge on any atom is 0.337 e. The van der Waals surface area contributed by atoms with E-state index in [-0.39, 0.29) is 0 Å². The van der Waals surface area contributed by atoms with E-state index in [4.69, 9.17) is 0 Å². The van der Waals surface area contributed by atoms with Gasteiger partial charge in [-0.25, -0.2) is 4.79 Å². The lowest BCUT2D eigenvalue weighted by atomic mass is 9.88. The molecule has 4 nitrogen and oxygen atoms in total. The summed E-state index contributed by atoms with van der Waals surface area (Å²) < 4.78 is 0. The molecule has 24 heavy (non-hydrogen) atoms. The molecule has 2 aromatic rings. The number of carboxylic acids is 1. The average molecular weight is 324 g/mol. The Morgan fingerprint density at radius 3 is 2.54 bits per heavy atom. The van der Waals surface area contributed by atoms with Crippen molar-refractivity contribution < 1.29 is 9.90 Å². The van der Waals surface area contributed by atoms with Crippen molar-refractivity contribution in [1.29, 1.82) is 0 Å². The molecule has 1 aromatic carbocycles. The third-order valence-electron chi connectivity index (χ3n) is 4.94. The summed E-state index contributed by atoms with van der Waals surface area (Å²) in [6.45, 7) is 4.76. The number of aryl methyl sites for hydroxylation is 1. The molecule has 1 fully saturated rings. The van der Waals surface area contributed by atoms with Crippen LogP contribution in [0.4, 0.5) is 0 Å². The van der Waals surface area contributed by atoms with Gasteiger partial charge in [0.15, 0.2) is 0 Å². The number of pyridine rings is 1. The zero-order valence-corrected chi connectivity index (χ0v) is 14.1. The zero-order valence-electron chi connectivity index (χ0n) is 14.1. The van der Waals surface area contributed by atoms with Crippen molar-refractivity contribution in [3.8, 4) is 0 Å². The van der Waals surface area contributed by atoms with Crippen LogP contribution in [0.3, 0.4) is 0 Å². The number of carboxylic acid groups (broad SMARTS) is 1. The summed E-state index contributed by atoms with van der Waals surface area (Å²) in [5.41, 5.74) is 3.79. The quantitative estimate of drug-likeness (QED) is 0.910. The molecule has 4 heteroatoms. The normalized spacial score (nSPS) is 16.2. The lowest BCUT2D eigenvalue weighted by molar-refractivity contribution is 0.0693. The molecule has 3 rings (SSSR count). The highest BCUT2D eigenvalue weighted by atomic mass is 16.4. The Balaban J connectivity index is 1.60. The summed E-state index contributed by atoms with van der Waals surface area (Å²) >= 11 is 0. The minimum absolute atomic E-state index is 0.315. The van der Waals surface area contributed by atoms with Crippen LogP contribution in [0, 0.1) is 0 Å². The van der Waals surface area contributed by atoms with Gasteiger partial charge in [0.25, 0.3) is 0 Å². The van der Waals surface area contributed by atoms with Crippen molar-refractivity contribution in [2.24, 2.45) is 0 Å². The van der Waals surface area contributed by atoms with Crippen LogP contribution in [0.15, 0.2) is 42.6 Å². The molecular weight excluding hydrogens is 300 g/mol. The van der Waals surface area contributed by atoms with Gasteiger partial charge in [0.1, 0.15) is 0 Å². The van der Waals surface area contributed by atoms with Gasteiger partial charge < -0.3 is 5.11 Å². The van der Waals surface area contributed by atoms with E-state index in [1.165, 1.54) is 11.1 Å². The SMILES string of the molecule is CCc1ccc(C2CCN(Cc3ncccc3C(=O)O)CC2)cc1. The molecular formula is C20H24N2O2. The summed E-state index contributed by atoms with van der Waals surface area (Å²) in [6.07, 6.45) is 4.97. The van der Waals surface area contributed by atoms with Gasteiger partial charge in [-0.1, -0.05) is 31.2 Å². The number of hydrogen-bond acceptors (Lipinski definition) is 3. The van der Waals surface area contributed by atoms with E-state index in [9.17, 15) is 9.90 Å². The standard InChI is InChI=1S/C20H24N2O2/c1-2-15-5-7-16(8-6-15)17-9-12-22(13-10-17)14-19-18(20(23)24)4-3-11-21-19/h3-8,11,17H,2,9-10,12-14H2,1H3,(H,23,24). The second-order valence-corrected chi connectivity index (χ2v) is 6.45. The van der Waals surface area contributed by atoms with Crippen LogP contribution in [0.1, 0.15) is 52.9 Å². The Bertz CT molecular complexity index is 689. The third kappa shape index (κ3) is 3.82. The van der Waals surface area contributed by atoms with Crippen molar-refractivity contribution in [3.05, 3.63) is 65.0 Å². The number of piperidine rings is 1. The Hall–Kier alpha value is -2.20. The van der Waals surface area contributed by atoms with E-state index in [2.05, 4.69) is 41.1 Å². The number of hydrogen-bond donors (Lipinski definition) is 1. The van der Waals surface area contributed by atoms with Crippen LogP contribution in [-0.4, -0.2) is 34.0 Å². The topological polar surface area (TPSA) is 53.4 Å². The number of likely N-dealkylation sites (tertiary alicyclic amines) is 1. The van der Waals surface area contributed by atoms with Crippen molar-refractivity contribution in [1.82, 2.24) is 9.88 Å². The predicted octanol–water partition coefficient (Wildman–Crippen LogP) is 3.72. The van der Waals surface area contributed by atoms with E-state index in [1.54, 1.807) is 18.3 Å². The Morgan fingerprint density at radius 1 is 1.21 bits per heavy atom. The average Bonchev–Trinajstić information content (AvgIpc) is 2.63. The minimum Gasteiger partial charge on any atom is -0.478 e. The molecule has 1 saturated heterocycles. The zero-order chi connectivity index (χ0) is 16.9. The maximum atomic E-state index is 11.3. The van der Waals surface area contributed by atoms with Crippen molar-refractivity contribution >= 4 is 5.97 Å². The van der Waals surface area contributed by atoms with Crippen LogP contribution in [-0.2, 0) is 13.0 Å². The first-order valence-corrected chi connectivity index (χ1v) is 8.65. The maximum absolute atomic E-state index is 11.3. The number of aromatic carboxylic acids is 1. The van der Waals surface area contributed by atoms with Gasteiger partial charge in [-0.05, 0) is 61.5 Å². The molecule has 0 unspecified atom stereocenters. The first-order chi connectivity index (χ1) is 11.7. The van der Waals surface area contributed by atoms with Crippen LogP contribution < -0.4 is 0 Å². The summed E-state index contributed by atoms with van der Waals surface area (Å²) in [5.74, 6) is -0.293. The molecule has 0 spiro atoms. The van der Waals surface area contributed by atoms with Gasteiger partial charge in [-0.15, -0.1) is 0 Å². The van der Waals surface area contributed by atoms with Gasteiger partial charge in [0.2, 0.25) is 0 Å². The molecule has 0 saturated carbocycles. The van der Waals surface area contributed by atoms with Gasteiger partial charge in [-0.2, -0.15) is 0 Å². The van der Waals surface area contributed by atoms with Crippen molar-refractivity contribution in [3.63, 3.8) is 0 Å². The predicted molar refractivity (Wildman–Crippen MR) is 94.3 cm³/mol. The van der Waals surface area contributed by atoms with Gasteiger partial charge >= 0.3 is 5.97 Å². The monoisotopic (exact) mass is 324 g/mol. The second-order valence-electron chi connectivity index (χ2n) is 6.45. The molecule has 126 valence electrons. The van der Waals surface area contributed by atoms with E-state index in [0.717, 1.165) is 32.4 Å². The molecule has 0 aliphatic carbocycles. The number of nitrogens with zero attached hydrogens (tertiary/aromatic N) is 2. The van der Waals surface area contributed by atoms with Gasteiger partial charge in [0.05, 0.1) is 11.3 Å². The van der Waals surface area contributed by atoms with Crippen molar-refractivity contribution in [2.75, 3.05) is 13.1 Å². The molecule has 1 aromatic heterocycles. The molecule has 0 bridgehead atoms. The van der Waals surface area contributed by atoms with E-state index in [0.29, 0.717) is 23.7 Å². The van der Waals surface area contributed by atoms with E-state index < -0.39 is 5.97 Å². The fraction of sp³-hybridized carbons (Fsp3) is 0.400. The number of aromatic nitrogens is 1. The van der Waals surface area contributed by atoms with Gasteiger partial charge in [0, 0.05) is 12.7 Å².